The van der Waals surface area contributed by atoms with Gasteiger partial charge in [-0.3, -0.25) is 14.5 Å². The summed E-state index contributed by atoms with van der Waals surface area (Å²) in [6.07, 6.45) is 0. The number of amides is 2. The Kier molecular flexibility index (Phi) is 6.06. The SMILES string of the molecule is CN(C)c1cccc(N2C(=O)C(c3ccccc3)=C(N3CCN(CCO)CC3)C2=O)c1. The number of carbonyl (C=O) groups excluding carboxylic acids is 2. The van der Waals surface area contributed by atoms with E-state index in [2.05, 4.69) is 4.90 Å². The molecule has 7 nitrogen and oxygen atoms in total. The fourth-order valence-corrected chi connectivity index (χ4v) is 4.16. The topological polar surface area (TPSA) is 67.3 Å². The van der Waals surface area contributed by atoms with Crippen molar-refractivity contribution < 1.29 is 14.7 Å². The Balaban J connectivity index is 1.72. The van der Waals surface area contributed by atoms with E-state index < -0.39 is 0 Å². The smallest absolute Gasteiger partial charge is 0.282 e. The molecule has 1 saturated heterocycles. The number of anilines is 2. The van der Waals surface area contributed by atoms with E-state index in [1.165, 1.54) is 4.90 Å². The van der Waals surface area contributed by atoms with Crippen LogP contribution in [0.2, 0.25) is 0 Å². The van der Waals surface area contributed by atoms with Crippen LogP contribution < -0.4 is 9.80 Å². The standard InChI is InChI=1S/C24H28N4O3/c1-25(2)19-9-6-10-20(17-19)28-23(30)21(18-7-4-3-5-8-18)22(24(28)31)27-13-11-26(12-14-27)15-16-29/h3-10,17,29H,11-16H2,1-2H3. The van der Waals surface area contributed by atoms with Gasteiger partial charge in [0.15, 0.2) is 0 Å². The van der Waals surface area contributed by atoms with Crippen molar-refractivity contribution in [3.63, 3.8) is 0 Å². The van der Waals surface area contributed by atoms with E-state index in [9.17, 15) is 14.7 Å². The average molecular weight is 421 g/mol. The summed E-state index contributed by atoms with van der Waals surface area (Å²) in [4.78, 5) is 34.6. The first-order valence-electron chi connectivity index (χ1n) is 10.6. The number of imide groups is 1. The van der Waals surface area contributed by atoms with Crippen LogP contribution in [0.15, 0.2) is 60.3 Å². The summed E-state index contributed by atoms with van der Waals surface area (Å²) < 4.78 is 0. The van der Waals surface area contributed by atoms with Gasteiger partial charge in [0.1, 0.15) is 5.70 Å². The van der Waals surface area contributed by atoms with Crippen molar-refractivity contribution in [2.24, 2.45) is 0 Å². The average Bonchev–Trinajstić information content (AvgIpc) is 3.05. The van der Waals surface area contributed by atoms with E-state index >= 15 is 0 Å². The predicted octanol–water partition coefficient (Wildman–Crippen LogP) is 1.65. The second-order valence-electron chi connectivity index (χ2n) is 8.00. The Morgan fingerprint density at radius 1 is 0.903 bits per heavy atom. The summed E-state index contributed by atoms with van der Waals surface area (Å²) in [7, 11) is 3.86. The Hall–Kier alpha value is -3.16. The van der Waals surface area contributed by atoms with Gasteiger partial charge in [-0.2, -0.15) is 0 Å². The highest BCUT2D eigenvalue weighted by Gasteiger charge is 2.43. The Morgan fingerprint density at radius 3 is 2.26 bits per heavy atom. The second-order valence-corrected chi connectivity index (χ2v) is 8.00. The minimum atomic E-state index is -0.292. The molecule has 0 aliphatic carbocycles. The van der Waals surface area contributed by atoms with E-state index in [4.69, 9.17) is 0 Å². The molecule has 0 saturated carbocycles. The molecule has 2 aliphatic rings. The minimum absolute atomic E-state index is 0.116. The van der Waals surface area contributed by atoms with Crippen LogP contribution in [-0.4, -0.2) is 80.1 Å². The molecule has 4 rings (SSSR count). The van der Waals surface area contributed by atoms with Gasteiger partial charge in [-0.1, -0.05) is 36.4 Å². The van der Waals surface area contributed by atoms with Crippen molar-refractivity contribution in [3.8, 4) is 0 Å². The molecule has 162 valence electrons. The normalized spacial score (nSPS) is 17.6. The van der Waals surface area contributed by atoms with E-state index in [0.717, 1.165) is 24.3 Å². The molecular formula is C24H28N4O3. The third-order valence-corrected chi connectivity index (χ3v) is 5.83. The lowest BCUT2D eigenvalue weighted by atomic mass is 10.0. The number of rotatable bonds is 6. The second kappa shape index (κ2) is 8.91. The quantitative estimate of drug-likeness (QED) is 0.717. The van der Waals surface area contributed by atoms with Gasteiger partial charge in [0.05, 0.1) is 17.9 Å². The maximum Gasteiger partial charge on any atom is 0.282 e. The zero-order chi connectivity index (χ0) is 22.0. The summed E-state index contributed by atoms with van der Waals surface area (Å²) in [6, 6.07) is 16.9. The van der Waals surface area contributed by atoms with E-state index in [0.29, 0.717) is 36.6 Å². The van der Waals surface area contributed by atoms with Crippen molar-refractivity contribution in [1.29, 1.82) is 0 Å². The van der Waals surface area contributed by atoms with Crippen LogP contribution in [0.25, 0.3) is 5.57 Å². The molecule has 2 aromatic rings. The van der Waals surface area contributed by atoms with Gasteiger partial charge in [0.2, 0.25) is 0 Å². The third kappa shape index (κ3) is 4.06. The number of hydrogen-bond acceptors (Lipinski definition) is 6. The van der Waals surface area contributed by atoms with E-state index in [1.54, 1.807) is 6.07 Å². The molecule has 0 aromatic heterocycles. The first-order chi connectivity index (χ1) is 15.0. The molecule has 0 bridgehead atoms. The number of carbonyl (C=O) groups is 2. The van der Waals surface area contributed by atoms with Crippen LogP contribution >= 0.6 is 0 Å². The van der Waals surface area contributed by atoms with Crippen LogP contribution in [0.1, 0.15) is 5.56 Å². The van der Waals surface area contributed by atoms with Gasteiger partial charge < -0.3 is 14.9 Å². The number of β-amino-alcohol motifs (C(OH)–C–C–N with tert-alkyl or cyclic N) is 1. The fraction of sp³-hybridized carbons (Fsp3) is 0.333. The zero-order valence-electron chi connectivity index (χ0n) is 18.0. The molecule has 0 atom stereocenters. The molecular weight excluding hydrogens is 392 g/mol. The molecule has 7 heteroatoms. The lowest BCUT2D eigenvalue weighted by Gasteiger charge is -2.36. The molecule has 0 unspecified atom stereocenters. The van der Waals surface area contributed by atoms with Gasteiger partial charge in [-0.25, -0.2) is 4.90 Å². The third-order valence-electron chi connectivity index (χ3n) is 5.83. The number of nitrogens with zero attached hydrogens (tertiary/aromatic N) is 4. The predicted molar refractivity (Wildman–Crippen MR) is 122 cm³/mol. The Labute approximate surface area is 182 Å². The summed E-state index contributed by atoms with van der Waals surface area (Å²) in [6.45, 7) is 3.49. The van der Waals surface area contributed by atoms with Crippen molar-refractivity contribution in [1.82, 2.24) is 9.80 Å². The lowest BCUT2D eigenvalue weighted by Crippen LogP contribution is -2.48. The number of aliphatic hydroxyl groups is 1. The highest BCUT2D eigenvalue weighted by atomic mass is 16.3. The van der Waals surface area contributed by atoms with E-state index in [-0.39, 0.29) is 18.4 Å². The van der Waals surface area contributed by atoms with Crippen molar-refractivity contribution in [2.75, 3.05) is 63.2 Å². The number of hydrogen-bond donors (Lipinski definition) is 1. The summed E-state index contributed by atoms with van der Waals surface area (Å²) in [5.41, 5.74) is 3.17. The van der Waals surface area contributed by atoms with Crippen LogP contribution in [-0.2, 0) is 9.59 Å². The highest BCUT2D eigenvalue weighted by molar-refractivity contribution is 6.45. The molecule has 2 aliphatic heterocycles. The maximum absolute atomic E-state index is 13.6. The highest BCUT2D eigenvalue weighted by Crippen LogP contribution is 2.36. The Morgan fingerprint density at radius 2 is 1.61 bits per heavy atom. The fourth-order valence-electron chi connectivity index (χ4n) is 4.16. The maximum atomic E-state index is 13.6. The number of aliphatic hydroxyl groups excluding tert-OH is 1. The first-order valence-corrected chi connectivity index (χ1v) is 10.6. The number of benzene rings is 2. The first kappa shape index (κ1) is 21.1. The molecule has 1 fully saturated rings. The lowest BCUT2D eigenvalue weighted by molar-refractivity contribution is -0.120. The summed E-state index contributed by atoms with van der Waals surface area (Å²) in [5, 5.41) is 9.21. The Bertz CT molecular complexity index is 995. The molecule has 0 spiro atoms. The monoisotopic (exact) mass is 420 g/mol. The molecule has 0 radical (unpaired) electrons. The van der Waals surface area contributed by atoms with Crippen molar-refractivity contribution in [3.05, 3.63) is 65.9 Å². The van der Waals surface area contributed by atoms with Crippen LogP contribution in [0, 0.1) is 0 Å². The molecule has 31 heavy (non-hydrogen) atoms. The van der Waals surface area contributed by atoms with Gasteiger partial charge >= 0.3 is 0 Å². The van der Waals surface area contributed by atoms with Crippen LogP contribution in [0.4, 0.5) is 11.4 Å². The van der Waals surface area contributed by atoms with Gasteiger partial charge in [-0.05, 0) is 23.8 Å². The van der Waals surface area contributed by atoms with Gasteiger partial charge in [0, 0.05) is 52.5 Å². The van der Waals surface area contributed by atoms with E-state index in [1.807, 2.05) is 72.4 Å². The van der Waals surface area contributed by atoms with Crippen molar-refractivity contribution >= 4 is 28.8 Å². The summed E-state index contributed by atoms with van der Waals surface area (Å²) >= 11 is 0. The minimum Gasteiger partial charge on any atom is -0.395 e. The summed E-state index contributed by atoms with van der Waals surface area (Å²) in [5.74, 6) is -0.574. The van der Waals surface area contributed by atoms with Crippen molar-refractivity contribution in [2.45, 2.75) is 0 Å². The zero-order valence-corrected chi connectivity index (χ0v) is 18.0. The van der Waals surface area contributed by atoms with Gasteiger partial charge in [-0.15, -0.1) is 0 Å². The molecule has 2 aromatic carbocycles. The molecule has 1 N–H and O–H groups in total. The van der Waals surface area contributed by atoms with Crippen LogP contribution in [0.3, 0.4) is 0 Å². The molecule has 2 amide bonds. The van der Waals surface area contributed by atoms with Crippen LogP contribution in [0.5, 0.6) is 0 Å². The number of piperazine rings is 1. The van der Waals surface area contributed by atoms with Gasteiger partial charge in [0.25, 0.3) is 11.8 Å². The molecule has 2 heterocycles. The largest absolute Gasteiger partial charge is 0.395 e.